The Morgan fingerprint density at radius 1 is 1.44 bits per heavy atom. The van der Waals surface area contributed by atoms with Crippen molar-refractivity contribution >= 4 is 15.9 Å². The van der Waals surface area contributed by atoms with Gasteiger partial charge in [-0.25, -0.2) is 0 Å². The zero-order chi connectivity index (χ0) is 12.3. The third kappa shape index (κ3) is 2.31. The Hall–Kier alpha value is -0.780. The molecule has 1 unspecified atom stereocenters. The minimum absolute atomic E-state index is 0.116. The number of benzene rings is 1. The first-order valence-corrected chi connectivity index (χ1v) is 5.63. The van der Waals surface area contributed by atoms with Gasteiger partial charge >= 0.3 is 0 Å². The minimum Gasteiger partial charge on any atom is -0.493 e. The first-order chi connectivity index (χ1) is 7.56. The molecule has 1 aromatic rings. The maximum absolute atomic E-state index is 9.11. The van der Waals surface area contributed by atoms with Gasteiger partial charge in [0.15, 0.2) is 11.5 Å². The van der Waals surface area contributed by atoms with Crippen LogP contribution in [-0.4, -0.2) is 25.9 Å². The molecule has 0 aliphatic heterocycles. The Bertz CT molecular complexity index is 382. The highest BCUT2D eigenvalue weighted by Gasteiger charge is 2.19. The van der Waals surface area contributed by atoms with Crippen molar-refractivity contribution in [2.24, 2.45) is 5.73 Å². The molecule has 0 bridgehead atoms. The van der Waals surface area contributed by atoms with Gasteiger partial charge in [-0.05, 0) is 40.0 Å². The van der Waals surface area contributed by atoms with E-state index in [4.69, 9.17) is 20.3 Å². The van der Waals surface area contributed by atoms with Crippen LogP contribution >= 0.6 is 15.9 Å². The number of methoxy groups -OCH3 is 2. The zero-order valence-corrected chi connectivity index (χ0v) is 11.2. The van der Waals surface area contributed by atoms with Gasteiger partial charge in [0.25, 0.3) is 0 Å². The maximum atomic E-state index is 9.11. The second-order valence-corrected chi connectivity index (χ2v) is 4.24. The van der Waals surface area contributed by atoms with Gasteiger partial charge in [-0.3, -0.25) is 0 Å². The molecule has 1 aromatic carbocycles. The molecule has 0 spiro atoms. The molecule has 5 heteroatoms. The summed E-state index contributed by atoms with van der Waals surface area (Å²) in [7, 11) is 3.14. The van der Waals surface area contributed by atoms with Crippen LogP contribution < -0.4 is 15.2 Å². The van der Waals surface area contributed by atoms with E-state index in [0.717, 1.165) is 15.6 Å². The molecule has 0 aliphatic carbocycles. The first kappa shape index (κ1) is 13.3. The van der Waals surface area contributed by atoms with Gasteiger partial charge < -0.3 is 20.3 Å². The van der Waals surface area contributed by atoms with Gasteiger partial charge in [-0.1, -0.05) is 0 Å². The van der Waals surface area contributed by atoms with Gasteiger partial charge in [0.05, 0.1) is 31.3 Å². The third-order valence-electron chi connectivity index (χ3n) is 2.42. The number of nitrogens with two attached hydrogens (primary N) is 1. The van der Waals surface area contributed by atoms with E-state index in [0.29, 0.717) is 11.5 Å². The number of hydrogen-bond acceptors (Lipinski definition) is 4. The summed E-state index contributed by atoms with van der Waals surface area (Å²) in [4.78, 5) is 0. The molecule has 90 valence electrons. The normalized spacial score (nSPS) is 12.4. The highest BCUT2D eigenvalue weighted by atomic mass is 79.9. The van der Waals surface area contributed by atoms with E-state index in [1.165, 1.54) is 0 Å². The molecule has 3 N–H and O–H groups in total. The number of halogens is 1. The predicted octanol–water partition coefficient (Wildman–Crippen LogP) is 1.77. The van der Waals surface area contributed by atoms with Gasteiger partial charge in [0, 0.05) is 0 Å². The van der Waals surface area contributed by atoms with Gasteiger partial charge in [-0.2, -0.15) is 0 Å². The van der Waals surface area contributed by atoms with Crippen LogP contribution in [0.5, 0.6) is 11.5 Å². The van der Waals surface area contributed by atoms with Crippen LogP contribution in [0.15, 0.2) is 10.5 Å². The molecule has 16 heavy (non-hydrogen) atoms. The number of ether oxygens (including phenoxy) is 2. The van der Waals surface area contributed by atoms with Gasteiger partial charge in [0.2, 0.25) is 0 Å². The summed E-state index contributed by atoms with van der Waals surface area (Å²) < 4.78 is 11.2. The fourth-order valence-corrected chi connectivity index (χ4v) is 2.60. The summed E-state index contributed by atoms with van der Waals surface area (Å²) in [5.74, 6) is 1.23. The van der Waals surface area contributed by atoms with Crippen molar-refractivity contribution in [2.75, 3.05) is 20.8 Å². The van der Waals surface area contributed by atoms with Crippen molar-refractivity contribution in [2.45, 2.75) is 13.0 Å². The molecule has 0 aliphatic rings. The molecule has 0 fully saturated rings. The number of aryl methyl sites for hydroxylation is 1. The Balaban J connectivity index is 3.40. The SMILES string of the molecule is COc1cc(C)c(C(N)CO)c(Br)c1OC. The number of rotatable bonds is 4. The fourth-order valence-electron chi connectivity index (χ4n) is 1.63. The number of hydrogen-bond donors (Lipinski definition) is 2. The second-order valence-electron chi connectivity index (χ2n) is 3.45. The van der Waals surface area contributed by atoms with Crippen LogP contribution in [0.3, 0.4) is 0 Å². The van der Waals surface area contributed by atoms with E-state index in [1.54, 1.807) is 14.2 Å². The molecule has 0 saturated carbocycles. The molecular weight excluding hydrogens is 274 g/mol. The van der Waals surface area contributed by atoms with Crippen LogP contribution in [0.4, 0.5) is 0 Å². The molecule has 1 rings (SSSR count). The Morgan fingerprint density at radius 3 is 2.50 bits per heavy atom. The van der Waals surface area contributed by atoms with Gasteiger partial charge in [-0.15, -0.1) is 0 Å². The number of aliphatic hydroxyl groups excluding tert-OH is 1. The molecule has 0 aromatic heterocycles. The molecule has 0 saturated heterocycles. The van der Waals surface area contributed by atoms with Crippen molar-refractivity contribution in [3.63, 3.8) is 0 Å². The predicted molar refractivity (Wildman–Crippen MR) is 66.0 cm³/mol. The lowest BCUT2D eigenvalue weighted by atomic mass is 10.0. The molecule has 1 atom stereocenters. The lowest BCUT2D eigenvalue weighted by Crippen LogP contribution is -2.17. The van der Waals surface area contributed by atoms with E-state index in [1.807, 2.05) is 13.0 Å². The van der Waals surface area contributed by atoms with Crippen LogP contribution in [-0.2, 0) is 0 Å². The highest BCUT2D eigenvalue weighted by molar-refractivity contribution is 9.10. The smallest absolute Gasteiger partial charge is 0.175 e. The Morgan fingerprint density at radius 2 is 2.06 bits per heavy atom. The van der Waals surface area contributed by atoms with Crippen molar-refractivity contribution in [3.8, 4) is 11.5 Å². The van der Waals surface area contributed by atoms with Crippen LogP contribution in [0, 0.1) is 6.92 Å². The lowest BCUT2D eigenvalue weighted by molar-refractivity contribution is 0.266. The summed E-state index contributed by atoms with van der Waals surface area (Å²) in [6.07, 6.45) is 0. The fraction of sp³-hybridized carbons (Fsp3) is 0.455. The van der Waals surface area contributed by atoms with Crippen molar-refractivity contribution in [1.29, 1.82) is 0 Å². The molecule has 0 amide bonds. The Kier molecular flexibility index (Phi) is 4.58. The van der Waals surface area contributed by atoms with Crippen molar-refractivity contribution < 1.29 is 14.6 Å². The minimum atomic E-state index is -0.436. The third-order valence-corrected chi connectivity index (χ3v) is 3.21. The topological polar surface area (TPSA) is 64.7 Å². The average molecular weight is 290 g/mol. The summed E-state index contributed by atoms with van der Waals surface area (Å²) in [5.41, 5.74) is 7.62. The van der Waals surface area contributed by atoms with Crippen LogP contribution in [0.1, 0.15) is 17.2 Å². The van der Waals surface area contributed by atoms with E-state index >= 15 is 0 Å². The highest BCUT2D eigenvalue weighted by Crippen LogP contribution is 2.41. The van der Waals surface area contributed by atoms with E-state index in [2.05, 4.69) is 15.9 Å². The zero-order valence-electron chi connectivity index (χ0n) is 9.58. The standard InChI is InChI=1S/C11H16BrNO3/c1-6-4-8(15-2)11(16-3)10(12)9(6)7(13)5-14/h4,7,14H,5,13H2,1-3H3. The molecule has 0 heterocycles. The lowest BCUT2D eigenvalue weighted by Gasteiger charge is -2.19. The van der Waals surface area contributed by atoms with E-state index < -0.39 is 6.04 Å². The van der Waals surface area contributed by atoms with Crippen LogP contribution in [0.2, 0.25) is 0 Å². The quantitative estimate of drug-likeness (QED) is 0.887. The van der Waals surface area contributed by atoms with Crippen LogP contribution in [0.25, 0.3) is 0 Å². The summed E-state index contributed by atoms with van der Waals surface area (Å²) in [6, 6.07) is 1.41. The molecular formula is C11H16BrNO3. The Labute approximate surface area is 103 Å². The van der Waals surface area contributed by atoms with E-state index in [-0.39, 0.29) is 6.61 Å². The average Bonchev–Trinajstić information content (AvgIpc) is 2.27. The van der Waals surface area contributed by atoms with Crippen molar-refractivity contribution in [3.05, 3.63) is 21.7 Å². The molecule has 4 nitrogen and oxygen atoms in total. The number of aliphatic hydroxyl groups is 1. The molecule has 0 radical (unpaired) electrons. The second kappa shape index (κ2) is 5.52. The summed E-state index contributed by atoms with van der Waals surface area (Å²) in [5, 5.41) is 9.11. The first-order valence-electron chi connectivity index (χ1n) is 4.84. The summed E-state index contributed by atoms with van der Waals surface area (Å²) in [6.45, 7) is 1.80. The largest absolute Gasteiger partial charge is 0.493 e. The maximum Gasteiger partial charge on any atom is 0.175 e. The van der Waals surface area contributed by atoms with Crippen molar-refractivity contribution in [1.82, 2.24) is 0 Å². The monoisotopic (exact) mass is 289 g/mol. The van der Waals surface area contributed by atoms with E-state index in [9.17, 15) is 0 Å². The van der Waals surface area contributed by atoms with Gasteiger partial charge in [0.1, 0.15) is 0 Å². The summed E-state index contributed by atoms with van der Waals surface area (Å²) >= 11 is 3.43.